The smallest absolute Gasteiger partial charge is 0.258 e. The van der Waals surface area contributed by atoms with Crippen molar-refractivity contribution in [3.8, 4) is 11.8 Å². The largest absolute Gasteiger partial charge is 0.484 e. The molecule has 3 rings (SSSR count). The van der Waals surface area contributed by atoms with E-state index < -0.39 is 0 Å². The van der Waals surface area contributed by atoms with Gasteiger partial charge in [0.15, 0.2) is 6.61 Å². The molecule has 0 radical (unpaired) electrons. The Morgan fingerprint density at radius 3 is 2.73 bits per heavy atom. The number of rotatable bonds is 7. The molecule has 6 nitrogen and oxygen atoms in total. The Kier molecular flexibility index (Phi) is 6.61. The number of carbonyl (C=O) groups excluding carboxylic acids is 1. The van der Waals surface area contributed by atoms with E-state index in [9.17, 15) is 4.79 Å². The van der Waals surface area contributed by atoms with Crippen LogP contribution in [-0.4, -0.2) is 50.3 Å². The highest BCUT2D eigenvalue weighted by Gasteiger charge is 2.23. The van der Waals surface area contributed by atoms with E-state index in [1.54, 1.807) is 35.6 Å². The van der Waals surface area contributed by atoms with Gasteiger partial charge in [-0.25, -0.2) is 0 Å². The minimum absolute atomic E-state index is 0.0494. The second-order valence-corrected chi connectivity index (χ2v) is 6.89. The second kappa shape index (κ2) is 9.34. The summed E-state index contributed by atoms with van der Waals surface area (Å²) in [5.74, 6) is 0.409. The van der Waals surface area contributed by atoms with Gasteiger partial charge in [0.25, 0.3) is 5.91 Å². The van der Waals surface area contributed by atoms with E-state index in [-0.39, 0.29) is 18.6 Å². The predicted octanol–water partition coefficient (Wildman–Crippen LogP) is 2.19. The minimum atomic E-state index is -0.163. The van der Waals surface area contributed by atoms with E-state index in [1.807, 2.05) is 12.1 Å². The lowest BCUT2D eigenvalue weighted by molar-refractivity contribution is -0.123. The average molecular weight is 371 g/mol. The van der Waals surface area contributed by atoms with Gasteiger partial charge in [-0.05, 0) is 35.7 Å². The van der Waals surface area contributed by atoms with E-state index in [0.29, 0.717) is 17.9 Å². The van der Waals surface area contributed by atoms with Gasteiger partial charge in [-0.2, -0.15) is 5.26 Å². The first-order valence-corrected chi connectivity index (χ1v) is 9.39. The molecule has 2 aromatic rings. The van der Waals surface area contributed by atoms with Crippen LogP contribution >= 0.6 is 11.3 Å². The number of amides is 1. The first-order chi connectivity index (χ1) is 12.8. The Hall–Kier alpha value is -2.40. The molecular formula is C19H21N3O3S. The normalized spacial score (nSPS) is 15.8. The summed E-state index contributed by atoms with van der Waals surface area (Å²) < 4.78 is 10.9. The summed E-state index contributed by atoms with van der Waals surface area (Å²) in [6.07, 6.45) is 0. The highest BCUT2D eigenvalue weighted by atomic mass is 32.1. The zero-order valence-corrected chi connectivity index (χ0v) is 15.2. The Balaban J connectivity index is 1.51. The summed E-state index contributed by atoms with van der Waals surface area (Å²) in [5, 5.41) is 13.8. The summed E-state index contributed by atoms with van der Waals surface area (Å²) in [6.45, 7) is 3.65. The number of ether oxygens (including phenoxy) is 2. The van der Waals surface area contributed by atoms with Crippen LogP contribution in [0.15, 0.2) is 41.8 Å². The van der Waals surface area contributed by atoms with Gasteiger partial charge >= 0.3 is 0 Å². The van der Waals surface area contributed by atoms with Crippen LogP contribution in [0.25, 0.3) is 0 Å². The van der Waals surface area contributed by atoms with Crippen molar-refractivity contribution < 1.29 is 14.3 Å². The van der Waals surface area contributed by atoms with Crippen LogP contribution in [0, 0.1) is 11.3 Å². The number of hydrogen-bond donors (Lipinski definition) is 1. The molecule has 0 aliphatic carbocycles. The summed E-state index contributed by atoms with van der Waals surface area (Å²) in [6, 6.07) is 13.0. The molecule has 1 saturated heterocycles. The fourth-order valence-corrected chi connectivity index (χ4v) is 3.68. The standard InChI is InChI=1S/C19H21N3O3S/c20-12-15-3-5-16(6-4-15)25-14-19(23)21-13-17(18-2-1-11-26-18)22-7-9-24-10-8-22/h1-6,11,17H,7-10,13-14H2,(H,21,23)/t17-/m1/s1. The Morgan fingerprint density at radius 2 is 2.08 bits per heavy atom. The van der Waals surface area contributed by atoms with Gasteiger partial charge in [0.05, 0.1) is 30.9 Å². The summed E-state index contributed by atoms with van der Waals surface area (Å²) >= 11 is 1.70. The number of thiophene rings is 1. The van der Waals surface area contributed by atoms with Gasteiger partial charge in [-0.3, -0.25) is 9.69 Å². The molecule has 0 saturated carbocycles. The van der Waals surface area contributed by atoms with Crippen molar-refractivity contribution in [2.45, 2.75) is 6.04 Å². The summed E-state index contributed by atoms with van der Waals surface area (Å²) in [7, 11) is 0. The molecule has 0 unspecified atom stereocenters. The molecule has 1 amide bonds. The number of nitriles is 1. The molecule has 0 spiro atoms. The second-order valence-electron chi connectivity index (χ2n) is 5.91. The van der Waals surface area contributed by atoms with Crippen molar-refractivity contribution in [1.82, 2.24) is 10.2 Å². The van der Waals surface area contributed by atoms with E-state index in [0.717, 1.165) is 26.3 Å². The van der Waals surface area contributed by atoms with Crippen molar-refractivity contribution in [1.29, 1.82) is 5.26 Å². The fraction of sp³-hybridized carbons (Fsp3) is 0.368. The molecule has 0 bridgehead atoms. The first-order valence-electron chi connectivity index (χ1n) is 8.51. The molecule has 136 valence electrons. The Labute approximate surface area is 156 Å². The molecular weight excluding hydrogens is 350 g/mol. The maximum Gasteiger partial charge on any atom is 0.258 e. The number of nitrogens with zero attached hydrogens (tertiary/aromatic N) is 2. The summed E-state index contributed by atoms with van der Waals surface area (Å²) in [5.41, 5.74) is 0.561. The van der Waals surface area contributed by atoms with Crippen LogP contribution in [0.3, 0.4) is 0 Å². The lowest BCUT2D eigenvalue weighted by Gasteiger charge is -2.34. The summed E-state index contributed by atoms with van der Waals surface area (Å²) in [4.78, 5) is 15.7. The fourth-order valence-electron chi connectivity index (χ4n) is 2.82. The van der Waals surface area contributed by atoms with Crippen molar-refractivity contribution in [3.63, 3.8) is 0 Å². The van der Waals surface area contributed by atoms with Crippen molar-refractivity contribution in [2.24, 2.45) is 0 Å². The van der Waals surface area contributed by atoms with Crippen molar-refractivity contribution >= 4 is 17.2 Å². The van der Waals surface area contributed by atoms with E-state index >= 15 is 0 Å². The van der Waals surface area contributed by atoms with E-state index in [2.05, 4.69) is 21.7 Å². The monoisotopic (exact) mass is 371 g/mol. The third-order valence-corrected chi connectivity index (χ3v) is 5.18. The number of benzene rings is 1. The Bertz CT molecular complexity index is 734. The number of morpholine rings is 1. The highest BCUT2D eigenvalue weighted by molar-refractivity contribution is 7.10. The highest BCUT2D eigenvalue weighted by Crippen LogP contribution is 2.25. The quantitative estimate of drug-likeness (QED) is 0.808. The van der Waals surface area contributed by atoms with Crippen molar-refractivity contribution in [2.75, 3.05) is 39.5 Å². The molecule has 1 aromatic heterocycles. The van der Waals surface area contributed by atoms with Gasteiger partial charge in [-0.15, -0.1) is 11.3 Å². The molecule has 1 aliphatic rings. The average Bonchev–Trinajstić information content (AvgIpc) is 3.22. The third kappa shape index (κ3) is 5.05. The molecule has 1 atom stereocenters. The lowest BCUT2D eigenvalue weighted by Crippen LogP contribution is -2.44. The maximum absolute atomic E-state index is 12.2. The zero-order valence-electron chi connectivity index (χ0n) is 14.4. The van der Waals surface area contributed by atoms with Crippen LogP contribution in [0.2, 0.25) is 0 Å². The van der Waals surface area contributed by atoms with Crippen molar-refractivity contribution in [3.05, 3.63) is 52.2 Å². The van der Waals surface area contributed by atoms with Gasteiger partial charge in [0.1, 0.15) is 5.75 Å². The maximum atomic E-state index is 12.2. The molecule has 1 aromatic carbocycles. The van der Waals surface area contributed by atoms with Gasteiger partial charge in [-0.1, -0.05) is 6.07 Å². The minimum Gasteiger partial charge on any atom is -0.484 e. The number of nitrogens with one attached hydrogen (secondary N) is 1. The third-order valence-electron chi connectivity index (χ3n) is 4.20. The number of carbonyl (C=O) groups is 1. The molecule has 1 aliphatic heterocycles. The van der Waals surface area contributed by atoms with Gasteiger partial charge in [0.2, 0.25) is 0 Å². The SMILES string of the molecule is N#Cc1ccc(OCC(=O)NC[C@H](c2cccs2)N2CCOCC2)cc1. The zero-order chi connectivity index (χ0) is 18.2. The molecule has 2 heterocycles. The Morgan fingerprint density at radius 1 is 1.31 bits per heavy atom. The molecule has 1 N–H and O–H groups in total. The van der Waals surface area contributed by atoms with E-state index in [4.69, 9.17) is 14.7 Å². The van der Waals surface area contributed by atoms with Gasteiger partial charge in [0, 0.05) is 24.5 Å². The van der Waals surface area contributed by atoms with Crippen LogP contribution in [-0.2, 0) is 9.53 Å². The van der Waals surface area contributed by atoms with E-state index in [1.165, 1.54) is 4.88 Å². The lowest BCUT2D eigenvalue weighted by atomic mass is 10.2. The number of hydrogen-bond acceptors (Lipinski definition) is 6. The molecule has 1 fully saturated rings. The van der Waals surface area contributed by atoms with Crippen LogP contribution in [0.4, 0.5) is 0 Å². The first kappa shape index (κ1) is 18.4. The van der Waals surface area contributed by atoms with Crippen LogP contribution in [0.1, 0.15) is 16.5 Å². The topological polar surface area (TPSA) is 74.6 Å². The van der Waals surface area contributed by atoms with Crippen LogP contribution in [0.5, 0.6) is 5.75 Å². The molecule has 26 heavy (non-hydrogen) atoms. The predicted molar refractivity (Wildman–Crippen MR) is 99.1 cm³/mol. The van der Waals surface area contributed by atoms with Crippen LogP contribution < -0.4 is 10.1 Å². The van der Waals surface area contributed by atoms with Gasteiger partial charge < -0.3 is 14.8 Å². The molecule has 7 heteroatoms.